The predicted molar refractivity (Wildman–Crippen MR) is 78.7 cm³/mol. The highest BCUT2D eigenvalue weighted by molar-refractivity contribution is 6.06. The number of nitro groups is 1. The largest absolute Gasteiger partial charge is 0.465 e. The Balaban J connectivity index is 2.43. The summed E-state index contributed by atoms with van der Waals surface area (Å²) in [5.74, 6) is -3.94. The molecule has 0 heterocycles. The van der Waals surface area contributed by atoms with E-state index in [0.717, 1.165) is 43.5 Å². The number of carbonyl (C=O) groups excluding carboxylic acids is 2. The van der Waals surface area contributed by atoms with Crippen LogP contribution < -0.4 is 5.32 Å². The van der Waals surface area contributed by atoms with Crippen LogP contribution in [0.1, 0.15) is 20.7 Å². The molecule has 0 spiro atoms. The molecule has 1 amide bonds. The number of rotatable bonds is 4. The number of esters is 1. The molecule has 0 aliphatic heterocycles. The smallest absolute Gasteiger partial charge is 0.338 e. The minimum atomic E-state index is -1.02. The molecule has 0 fully saturated rings. The van der Waals surface area contributed by atoms with Crippen molar-refractivity contribution in [1.82, 2.24) is 0 Å². The number of para-hydroxylation sites is 1. The lowest BCUT2D eigenvalue weighted by Gasteiger charge is -2.08. The molecule has 0 unspecified atom stereocenters. The Bertz CT molecular complexity index is 818. The van der Waals surface area contributed by atoms with E-state index in [1.54, 1.807) is 0 Å². The Morgan fingerprint density at radius 1 is 1.12 bits per heavy atom. The Labute approximate surface area is 134 Å². The first-order chi connectivity index (χ1) is 11.3. The Morgan fingerprint density at radius 2 is 1.71 bits per heavy atom. The fourth-order valence-electron chi connectivity index (χ4n) is 1.89. The summed E-state index contributed by atoms with van der Waals surface area (Å²) in [6.07, 6.45) is 0. The molecule has 124 valence electrons. The summed E-state index contributed by atoms with van der Waals surface area (Å²) in [7, 11) is 1.07. The van der Waals surface area contributed by atoms with E-state index >= 15 is 0 Å². The standard InChI is InChI=1S/C15H10F2N2O5/c1-24-15(21)9-5-8(6-10(7-9)19(22)23)14(20)18-13-11(16)3-2-4-12(13)17/h2-7H,1H3,(H,18,20). The van der Waals surface area contributed by atoms with Gasteiger partial charge in [-0.3, -0.25) is 14.9 Å². The quantitative estimate of drug-likeness (QED) is 0.526. The molecule has 0 aromatic heterocycles. The van der Waals surface area contributed by atoms with Crippen LogP contribution in [0, 0.1) is 21.7 Å². The number of nitrogens with zero attached hydrogens (tertiary/aromatic N) is 1. The van der Waals surface area contributed by atoms with Crippen LogP contribution in [-0.4, -0.2) is 23.9 Å². The normalized spacial score (nSPS) is 10.1. The monoisotopic (exact) mass is 336 g/mol. The molecule has 7 nitrogen and oxygen atoms in total. The van der Waals surface area contributed by atoms with Crippen molar-refractivity contribution in [1.29, 1.82) is 0 Å². The molecule has 0 aliphatic carbocycles. The number of halogens is 2. The van der Waals surface area contributed by atoms with Gasteiger partial charge in [-0.1, -0.05) is 6.07 Å². The summed E-state index contributed by atoms with van der Waals surface area (Å²) < 4.78 is 31.6. The first kappa shape index (κ1) is 17.0. The van der Waals surface area contributed by atoms with Gasteiger partial charge in [0.25, 0.3) is 11.6 Å². The van der Waals surface area contributed by atoms with Gasteiger partial charge in [-0.25, -0.2) is 13.6 Å². The molecular formula is C15H10F2N2O5. The van der Waals surface area contributed by atoms with Gasteiger partial charge in [-0.05, 0) is 18.2 Å². The van der Waals surface area contributed by atoms with Crippen LogP contribution in [0.3, 0.4) is 0 Å². The summed E-state index contributed by atoms with van der Waals surface area (Å²) in [5, 5.41) is 12.9. The number of methoxy groups -OCH3 is 1. The molecule has 1 N–H and O–H groups in total. The van der Waals surface area contributed by atoms with E-state index in [4.69, 9.17) is 0 Å². The van der Waals surface area contributed by atoms with Crippen molar-refractivity contribution in [2.75, 3.05) is 12.4 Å². The van der Waals surface area contributed by atoms with Crippen molar-refractivity contribution in [3.05, 3.63) is 69.3 Å². The number of nitrogens with one attached hydrogen (secondary N) is 1. The molecule has 2 aromatic carbocycles. The van der Waals surface area contributed by atoms with E-state index in [-0.39, 0.29) is 11.1 Å². The van der Waals surface area contributed by atoms with Gasteiger partial charge in [-0.2, -0.15) is 0 Å². The van der Waals surface area contributed by atoms with E-state index in [1.165, 1.54) is 0 Å². The summed E-state index contributed by atoms with van der Waals surface area (Å²) in [6.45, 7) is 0. The molecule has 2 aromatic rings. The fourth-order valence-corrected chi connectivity index (χ4v) is 1.89. The third-order valence-corrected chi connectivity index (χ3v) is 3.01. The van der Waals surface area contributed by atoms with Crippen molar-refractivity contribution in [2.45, 2.75) is 0 Å². The van der Waals surface area contributed by atoms with E-state index in [1.807, 2.05) is 5.32 Å². The minimum Gasteiger partial charge on any atom is -0.465 e. The fraction of sp³-hybridized carbons (Fsp3) is 0.0667. The number of amides is 1. The number of carbonyl (C=O) groups is 2. The maximum absolute atomic E-state index is 13.6. The molecule has 2 rings (SSSR count). The lowest BCUT2D eigenvalue weighted by molar-refractivity contribution is -0.384. The summed E-state index contributed by atoms with van der Waals surface area (Å²) in [6, 6.07) is 5.81. The molecule has 0 saturated carbocycles. The number of hydrogen-bond donors (Lipinski definition) is 1. The Morgan fingerprint density at radius 3 is 2.25 bits per heavy atom. The van der Waals surface area contributed by atoms with Crippen molar-refractivity contribution >= 4 is 23.3 Å². The van der Waals surface area contributed by atoms with Crippen LogP contribution >= 0.6 is 0 Å². The van der Waals surface area contributed by atoms with Crippen LogP contribution in [0.15, 0.2) is 36.4 Å². The van der Waals surface area contributed by atoms with Gasteiger partial charge in [0, 0.05) is 17.7 Å². The molecule has 0 atom stereocenters. The lowest BCUT2D eigenvalue weighted by Crippen LogP contribution is -2.15. The van der Waals surface area contributed by atoms with Crippen LogP contribution in [0.25, 0.3) is 0 Å². The molecular weight excluding hydrogens is 326 g/mol. The van der Waals surface area contributed by atoms with Crippen LogP contribution in [-0.2, 0) is 4.74 Å². The maximum atomic E-state index is 13.6. The molecule has 0 aliphatic rings. The average molecular weight is 336 g/mol. The van der Waals surface area contributed by atoms with E-state index in [9.17, 15) is 28.5 Å². The number of benzene rings is 2. The molecule has 0 radical (unpaired) electrons. The maximum Gasteiger partial charge on any atom is 0.338 e. The van der Waals surface area contributed by atoms with Gasteiger partial charge < -0.3 is 10.1 Å². The summed E-state index contributed by atoms with van der Waals surface area (Å²) in [4.78, 5) is 33.8. The van der Waals surface area contributed by atoms with Crippen LogP contribution in [0.5, 0.6) is 0 Å². The Hall–Kier alpha value is -3.36. The second kappa shape index (κ2) is 6.82. The first-order valence-corrected chi connectivity index (χ1v) is 6.46. The van der Waals surface area contributed by atoms with Gasteiger partial charge in [0.15, 0.2) is 0 Å². The molecule has 24 heavy (non-hydrogen) atoms. The van der Waals surface area contributed by atoms with Gasteiger partial charge >= 0.3 is 5.97 Å². The molecule has 0 saturated heterocycles. The topological polar surface area (TPSA) is 98.5 Å². The second-order valence-electron chi connectivity index (χ2n) is 4.57. The van der Waals surface area contributed by atoms with Crippen molar-refractivity contribution < 1.29 is 28.0 Å². The second-order valence-corrected chi connectivity index (χ2v) is 4.57. The van der Waals surface area contributed by atoms with E-state index in [0.29, 0.717) is 0 Å². The molecule has 0 bridgehead atoms. The SMILES string of the molecule is COC(=O)c1cc(C(=O)Nc2c(F)cccc2F)cc([N+](=O)[O-])c1. The zero-order valence-corrected chi connectivity index (χ0v) is 12.2. The van der Waals surface area contributed by atoms with Crippen molar-refractivity contribution in [3.63, 3.8) is 0 Å². The van der Waals surface area contributed by atoms with Gasteiger partial charge in [0.1, 0.15) is 17.3 Å². The lowest BCUT2D eigenvalue weighted by atomic mass is 10.1. The van der Waals surface area contributed by atoms with Crippen LogP contribution in [0.4, 0.5) is 20.2 Å². The third kappa shape index (κ3) is 3.51. The van der Waals surface area contributed by atoms with E-state index < -0.39 is 39.8 Å². The number of anilines is 1. The van der Waals surface area contributed by atoms with Gasteiger partial charge in [0.05, 0.1) is 17.6 Å². The minimum absolute atomic E-state index is 0.245. The number of nitro benzene ring substituents is 1. The van der Waals surface area contributed by atoms with E-state index in [2.05, 4.69) is 4.74 Å². The van der Waals surface area contributed by atoms with Crippen LogP contribution in [0.2, 0.25) is 0 Å². The number of hydrogen-bond acceptors (Lipinski definition) is 5. The van der Waals surface area contributed by atoms with Gasteiger partial charge in [-0.15, -0.1) is 0 Å². The summed E-state index contributed by atoms with van der Waals surface area (Å²) >= 11 is 0. The average Bonchev–Trinajstić information content (AvgIpc) is 2.56. The number of non-ortho nitro benzene ring substituents is 1. The van der Waals surface area contributed by atoms with Crippen molar-refractivity contribution in [2.24, 2.45) is 0 Å². The molecule has 9 heteroatoms. The number of ether oxygens (including phenoxy) is 1. The highest BCUT2D eigenvalue weighted by Gasteiger charge is 2.20. The summed E-state index contributed by atoms with van der Waals surface area (Å²) in [5.41, 5.74) is -1.82. The first-order valence-electron chi connectivity index (χ1n) is 6.46. The predicted octanol–water partition coefficient (Wildman–Crippen LogP) is 2.91. The highest BCUT2D eigenvalue weighted by atomic mass is 19.1. The highest BCUT2D eigenvalue weighted by Crippen LogP contribution is 2.22. The van der Waals surface area contributed by atoms with Gasteiger partial charge in [0.2, 0.25) is 0 Å². The Kier molecular flexibility index (Phi) is 4.83. The third-order valence-electron chi connectivity index (χ3n) is 3.01. The van der Waals surface area contributed by atoms with Crippen molar-refractivity contribution in [3.8, 4) is 0 Å². The zero-order chi connectivity index (χ0) is 17.9. The zero-order valence-electron chi connectivity index (χ0n) is 12.2.